The Kier molecular flexibility index (Phi) is 8.26. The van der Waals surface area contributed by atoms with Crippen molar-refractivity contribution < 1.29 is 9.53 Å². The maximum absolute atomic E-state index is 13.5. The van der Waals surface area contributed by atoms with Gasteiger partial charge in [-0.1, -0.05) is 37.3 Å². The van der Waals surface area contributed by atoms with Crippen molar-refractivity contribution >= 4 is 11.6 Å². The molecule has 1 saturated heterocycles. The van der Waals surface area contributed by atoms with Crippen LogP contribution in [0.25, 0.3) is 11.1 Å². The molecule has 0 unspecified atom stereocenters. The number of amides is 1. The Balaban J connectivity index is 1.68. The molecule has 4 rings (SSSR count). The highest BCUT2D eigenvalue weighted by Crippen LogP contribution is 2.32. The quantitative estimate of drug-likeness (QED) is 0.461. The molecule has 1 aromatic heterocycles. The van der Waals surface area contributed by atoms with E-state index in [4.69, 9.17) is 4.74 Å². The van der Waals surface area contributed by atoms with E-state index in [2.05, 4.69) is 59.4 Å². The van der Waals surface area contributed by atoms with Crippen LogP contribution in [-0.4, -0.2) is 36.7 Å². The zero-order valence-electron chi connectivity index (χ0n) is 21.8. The number of ether oxygens (including phenoxy) is 1. The van der Waals surface area contributed by atoms with E-state index in [1.54, 1.807) is 0 Å². The van der Waals surface area contributed by atoms with Crippen molar-refractivity contribution in [1.82, 2.24) is 10.3 Å². The van der Waals surface area contributed by atoms with Gasteiger partial charge in [0.15, 0.2) is 0 Å². The maximum Gasteiger partial charge on any atom is 0.253 e. The van der Waals surface area contributed by atoms with Crippen LogP contribution in [-0.2, 0) is 17.7 Å². The van der Waals surface area contributed by atoms with E-state index in [1.165, 1.54) is 5.56 Å². The topological polar surface area (TPSA) is 74.4 Å². The van der Waals surface area contributed by atoms with Crippen LogP contribution in [0.3, 0.4) is 0 Å². The highest BCUT2D eigenvalue weighted by atomic mass is 16.5. The number of H-pyrrole nitrogens is 1. The van der Waals surface area contributed by atoms with Gasteiger partial charge in [0.25, 0.3) is 11.5 Å². The first-order valence-electron chi connectivity index (χ1n) is 13.0. The lowest BCUT2D eigenvalue weighted by atomic mass is 9.98. The zero-order valence-corrected chi connectivity index (χ0v) is 21.8. The van der Waals surface area contributed by atoms with Crippen LogP contribution >= 0.6 is 0 Å². The van der Waals surface area contributed by atoms with Crippen LogP contribution in [0, 0.1) is 13.8 Å². The Bertz CT molecular complexity index is 1260. The van der Waals surface area contributed by atoms with E-state index in [1.807, 2.05) is 32.0 Å². The molecule has 1 aliphatic rings. The molecule has 0 saturated carbocycles. The van der Waals surface area contributed by atoms with Crippen molar-refractivity contribution in [1.29, 1.82) is 0 Å². The summed E-state index contributed by atoms with van der Waals surface area (Å²) in [5, 5.41) is 3.00. The van der Waals surface area contributed by atoms with Crippen LogP contribution < -0.4 is 15.8 Å². The number of nitrogens with one attached hydrogen (secondary N) is 2. The monoisotopic (exact) mass is 487 g/mol. The molecule has 1 fully saturated rings. The number of aromatic amines is 1. The summed E-state index contributed by atoms with van der Waals surface area (Å²) in [6.07, 6.45) is 2.87. The van der Waals surface area contributed by atoms with E-state index in [9.17, 15) is 9.59 Å². The highest BCUT2D eigenvalue weighted by molar-refractivity contribution is 6.00. The van der Waals surface area contributed by atoms with Crippen molar-refractivity contribution in [3.63, 3.8) is 0 Å². The fourth-order valence-electron chi connectivity index (χ4n) is 5.06. The third-order valence-corrected chi connectivity index (χ3v) is 7.14. The fourth-order valence-corrected chi connectivity index (χ4v) is 5.06. The second-order valence-corrected chi connectivity index (χ2v) is 9.54. The lowest BCUT2D eigenvalue weighted by Crippen LogP contribution is -2.40. The van der Waals surface area contributed by atoms with E-state index in [0.717, 1.165) is 67.1 Å². The van der Waals surface area contributed by atoms with E-state index < -0.39 is 0 Å². The van der Waals surface area contributed by atoms with Crippen molar-refractivity contribution in [3.8, 4) is 11.1 Å². The molecule has 0 radical (unpaired) electrons. The number of hydrogen-bond acceptors (Lipinski definition) is 4. The lowest BCUT2D eigenvalue weighted by molar-refractivity contribution is 0.0845. The van der Waals surface area contributed by atoms with Gasteiger partial charge in [0.05, 0.1) is 11.3 Å². The molecule has 36 heavy (non-hydrogen) atoms. The largest absolute Gasteiger partial charge is 0.381 e. The number of rotatable bonds is 8. The number of anilines is 1. The van der Waals surface area contributed by atoms with Gasteiger partial charge in [-0.15, -0.1) is 0 Å². The summed E-state index contributed by atoms with van der Waals surface area (Å²) in [7, 11) is 0. The van der Waals surface area contributed by atoms with Crippen LogP contribution in [0.5, 0.6) is 0 Å². The first-order valence-corrected chi connectivity index (χ1v) is 13.0. The predicted octanol–water partition coefficient (Wildman–Crippen LogP) is 5.16. The summed E-state index contributed by atoms with van der Waals surface area (Å²) in [4.78, 5) is 31.1. The first kappa shape index (κ1) is 25.7. The van der Waals surface area contributed by atoms with Gasteiger partial charge in [0.2, 0.25) is 0 Å². The summed E-state index contributed by atoms with van der Waals surface area (Å²) in [6.45, 7) is 10.5. The molecule has 0 aliphatic carbocycles. The number of nitrogens with zero attached hydrogens (tertiary/aromatic N) is 1. The van der Waals surface area contributed by atoms with Crippen molar-refractivity contribution in [2.24, 2.45) is 0 Å². The van der Waals surface area contributed by atoms with E-state index >= 15 is 0 Å². The molecule has 190 valence electrons. The summed E-state index contributed by atoms with van der Waals surface area (Å²) in [5.41, 5.74) is 7.18. The Hall–Kier alpha value is -3.38. The molecular formula is C30H37N3O3. The average molecular weight is 488 g/mol. The average Bonchev–Trinajstić information content (AvgIpc) is 2.89. The summed E-state index contributed by atoms with van der Waals surface area (Å²) < 4.78 is 5.60. The third-order valence-electron chi connectivity index (χ3n) is 7.14. The molecule has 3 aromatic rings. The SMILES string of the molecule is CCc1ccc(-c2ccc(C(=O)NCc3c(C)cc(C)[nH]c3=O)c(N(CC)C3CCOCC3)c2)cc1. The minimum absolute atomic E-state index is 0.156. The maximum atomic E-state index is 13.5. The third kappa shape index (κ3) is 5.71. The molecule has 0 atom stereocenters. The number of aryl methyl sites for hydroxylation is 3. The molecule has 0 spiro atoms. The molecule has 0 bridgehead atoms. The predicted molar refractivity (Wildman–Crippen MR) is 146 cm³/mol. The van der Waals surface area contributed by atoms with Gasteiger partial charge in [-0.3, -0.25) is 9.59 Å². The number of pyridine rings is 1. The molecular weight excluding hydrogens is 450 g/mol. The van der Waals surface area contributed by atoms with Gasteiger partial charge in [-0.2, -0.15) is 0 Å². The van der Waals surface area contributed by atoms with Crippen molar-refractivity contribution in [2.45, 2.75) is 59.5 Å². The van der Waals surface area contributed by atoms with Crippen molar-refractivity contribution in [3.05, 3.63) is 86.8 Å². The van der Waals surface area contributed by atoms with Crippen LogP contribution in [0.4, 0.5) is 5.69 Å². The number of benzene rings is 2. The summed E-state index contributed by atoms with van der Waals surface area (Å²) >= 11 is 0. The molecule has 1 amide bonds. The molecule has 6 heteroatoms. The van der Waals surface area contributed by atoms with Gasteiger partial charge in [0.1, 0.15) is 0 Å². The molecule has 2 heterocycles. The Morgan fingerprint density at radius 2 is 1.72 bits per heavy atom. The first-order chi connectivity index (χ1) is 17.4. The molecule has 6 nitrogen and oxygen atoms in total. The second-order valence-electron chi connectivity index (χ2n) is 9.54. The Labute approximate surface area is 213 Å². The number of aromatic nitrogens is 1. The smallest absolute Gasteiger partial charge is 0.253 e. The van der Waals surface area contributed by atoms with E-state index in [0.29, 0.717) is 17.2 Å². The second kappa shape index (κ2) is 11.6. The fraction of sp³-hybridized carbons (Fsp3) is 0.400. The zero-order chi connectivity index (χ0) is 25.7. The van der Waals surface area contributed by atoms with E-state index in [-0.39, 0.29) is 18.0 Å². The normalized spacial score (nSPS) is 14.0. The number of carbonyl (C=O) groups is 1. The molecule has 2 aromatic carbocycles. The number of carbonyl (C=O) groups excluding carboxylic acids is 1. The van der Waals surface area contributed by atoms with Gasteiger partial charge >= 0.3 is 0 Å². The number of hydrogen-bond donors (Lipinski definition) is 2. The highest BCUT2D eigenvalue weighted by Gasteiger charge is 2.25. The standard InChI is InChI=1S/C30H37N3O3/c1-5-22-7-9-23(10-8-22)24-11-12-26(28(18-24)33(6-2)25-13-15-36-16-14-25)29(34)31-19-27-20(3)17-21(4)32-30(27)35/h7-12,17-18,25H,5-6,13-16,19H2,1-4H3,(H,31,34)(H,32,35). The summed E-state index contributed by atoms with van der Waals surface area (Å²) in [6, 6.07) is 16.9. The van der Waals surface area contributed by atoms with Gasteiger partial charge in [-0.05, 0) is 80.5 Å². The van der Waals surface area contributed by atoms with Crippen LogP contribution in [0.2, 0.25) is 0 Å². The molecule has 2 N–H and O–H groups in total. The van der Waals surface area contributed by atoms with Gasteiger partial charge in [0, 0.05) is 43.6 Å². The van der Waals surface area contributed by atoms with Gasteiger partial charge in [-0.25, -0.2) is 0 Å². The Morgan fingerprint density at radius 3 is 2.36 bits per heavy atom. The minimum Gasteiger partial charge on any atom is -0.381 e. The van der Waals surface area contributed by atoms with Crippen LogP contribution in [0.1, 0.15) is 59.4 Å². The minimum atomic E-state index is -0.178. The lowest BCUT2D eigenvalue weighted by Gasteiger charge is -2.36. The molecule has 1 aliphatic heterocycles. The van der Waals surface area contributed by atoms with Crippen molar-refractivity contribution in [2.75, 3.05) is 24.7 Å². The van der Waals surface area contributed by atoms with Crippen LogP contribution in [0.15, 0.2) is 53.3 Å². The Morgan fingerprint density at radius 1 is 1.03 bits per heavy atom. The summed E-state index contributed by atoms with van der Waals surface area (Å²) in [5.74, 6) is -0.178. The van der Waals surface area contributed by atoms with Gasteiger partial charge < -0.3 is 19.9 Å².